The van der Waals surface area contributed by atoms with Crippen LogP contribution in [0.1, 0.15) is 27.7 Å². The largest absolute Gasteiger partial charge is 0.493 e. The number of hydrogen-bond acceptors (Lipinski definition) is 2. The summed E-state index contributed by atoms with van der Waals surface area (Å²) in [5, 5.41) is 0. The molecule has 8 heteroatoms. The van der Waals surface area contributed by atoms with Gasteiger partial charge in [0.1, 0.15) is 0 Å². The van der Waals surface area contributed by atoms with Crippen LogP contribution in [0.25, 0.3) is 0 Å². The molecule has 0 fully saturated rings. The van der Waals surface area contributed by atoms with Gasteiger partial charge in [-0.2, -0.15) is 13.2 Å². The van der Waals surface area contributed by atoms with Gasteiger partial charge in [-0.05, 0) is 20.8 Å². The monoisotopic (exact) mass is 246 g/mol. The van der Waals surface area contributed by atoms with Crippen molar-refractivity contribution in [3.05, 3.63) is 0 Å². The van der Waals surface area contributed by atoms with Crippen molar-refractivity contribution < 1.29 is 22.2 Å². The molecule has 0 aliphatic rings. The Kier molecular flexibility index (Phi) is 3.92. The SMILES string of the molecule is CC(=O)N=S(=O)(NC(C)(C)C)C(F)(F)F. The molecule has 0 aromatic rings. The predicted molar refractivity (Wildman–Crippen MR) is 50.2 cm³/mol. The van der Waals surface area contributed by atoms with Gasteiger partial charge >= 0.3 is 5.51 Å². The highest BCUT2D eigenvalue weighted by Crippen LogP contribution is 2.26. The van der Waals surface area contributed by atoms with Crippen molar-refractivity contribution in [2.45, 2.75) is 38.7 Å². The Morgan fingerprint density at radius 2 is 1.67 bits per heavy atom. The van der Waals surface area contributed by atoms with Crippen LogP contribution in [0, 0.1) is 0 Å². The smallest absolute Gasteiger partial charge is 0.272 e. The van der Waals surface area contributed by atoms with Crippen molar-refractivity contribution in [3.8, 4) is 0 Å². The highest BCUT2D eigenvalue weighted by atomic mass is 32.2. The average molecular weight is 246 g/mol. The van der Waals surface area contributed by atoms with Gasteiger partial charge in [0.25, 0.3) is 5.91 Å². The third-order valence-electron chi connectivity index (χ3n) is 1.02. The molecule has 1 atom stereocenters. The van der Waals surface area contributed by atoms with Crippen LogP contribution in [-0.4, -0.2) is 21.2 Å². The molecule has 0 saturated carbocycles. The van der Waals surface area contributed by atoms with Crippen LogP contribution in [0.4, 0.5) is 13.2 Å². The standard InChI is InChI=1S/C7H13F3N2O2S/c1-5(13)11-15(14,7(8,9)10)12-6(2,3)4/h1-4H3,(H,11,12,13,14). The van der Waals surface area contributed by atoms with E-state index >= 15 is 0 Å². The molecule has 1 unspecified atom stereocenters. The molecule has 0 radical (unpaired) electrons. The fraction of sp³-hybridized carbons (Fsp3) is 0.857. The summed E-state index contributed by atoms with van der Waals surface area (Å²) in [5.74, 6) is -1.13. The highest BCUT2D eigenvalue weighted by molar-refractivity contribution is 7.92. The third kappa shape index (κ3) is 4.61. The zero-order valence-corrected chi connectivity index (χ0v) is 9.62. The summed E-state index contributed by atoms with van der Waals surface area (Å²) in [6, 6.07) is 0. The van der Waals surface area contributed by atoms with E-state index in [4.69, 9.17) is 0 Å². The van der Waals surface area contributed by atoms with Crippen LogP contribution < -0.4 is 4.72 Å². The molecule has 0 aromatic carbocycles. The van der Waals surface area contributed by atoms with E-state index in [0.717, 1.165) is 6.92 Å². The van der Waals surface area contributed by atoms with Gasteiger partial charge in [0.15, 0.2) is 0 Å². The van der Waals surface area contributed by atoms with E-state index in [2.05, 4.69) is 4.36 Å². The topological polar surface area (TPSA) is 58.5 Å². The molecule has 0 heterocycles. The minimum atomic E-state index is -5.08. The van der Waals surface area contributed by atoms with Gasteiger partial charge in [-0.3, -0.25) is 4.79 Å². The maximum atomic E-state index is 12.4. The van der Waals surface area contributed by atoms with Crippen LogP contribution in [-0.2, 0) is 14.7 Å². The predicted octanol–water partition coefficient (Wildman–Crippen LogP) is 1.82. The van der Waals surface area contributed by atoms with E-state index in [0.29, 0.717) is 0 Å². The summed E-state index contributed by atoms with van der Waals surface area (Å²) >= 11 is 0. The number of rotatable bonds is 1. The lowest BCUT2D eigenvalue weighted by atomic mass is 10.1. The summed E-state index contributed by atoms with van der Waals surface area (Å²) in [4.78, 5) is 10.5. The van der Waals surface area contributed by atoms with Gasteiger partial charge in [0, 0.05) is 12.5 Å². The van der Waals surface area contributed by atoms with Crippen molar-refractivity contribution in [2.24, 2.45) is 4.36 Å². The fourth-order valence-electron chi connectivity index (χ4n) is 0.729. The molecule has 0 spiro atoms. The quantitative estimate of drug-likeness (QED) is 0.767. The van der Waals surface area contributed by atoms with Crippen molar-refractivity contribution in [2.75, 3.05) is 0 Å². The van der Waals surface area contributed by atoms with Crippen LogP contribution in [0.15, 0.2) is 4.36 Å². The van der Waals surface area contributed by atoms with Crippen LogP contribution >= 0.6 is 0 Å². The van der Waals surface area contributed by atoms with Gasteiger partial charge in [-0.25, -0.2) is 8.93 Å². The number of nitrogens with zero attached hydrogens (tertiary/aromatic N) is 1. The minimum Gasteiger partial charge on any atom is -0.272 e. The van der Waals surface area contributed by atoms with E-state index < -0.39 is 26.9 Å². The third-order valence-corrected chi connectivity index (χ3v) is 3.05. The lowest BCUT2D eigenvalue weighted by molar-refractivity contribution is -0.115. The van der Waals surface area contributed by atoms with Crippen molar-refractivity contribution in [3.63, 3.8) is 0 Å². The summed E-state index contributed by atoms with van der Waals surface area (Å²) < 4.78 is 53.1. The van der Waals surface area contributed by atoms with Gasteiger partial charge < -0.3 is 0 Å². The number of carbonyl (C=O) groups is 1. The number of halogens is 3. The lowest BCUT2D eigenvalue weighted by Crippen LogP contribution is -2.47. The Bertz CT molecular complexity index is 361. The van der Waals surface area contributed by atoms with E-state index in [-0.39, 0.29) is 0 Å². The second-order valence-corrected chi connectivity index (χ2v) is 5.84. The number of carbonyl (C=O) groups excluding carboxylic acids is 1. The number of hydrogen-bond donors (Lipinski definition) is 1. The van der Waals surface area contributed by atoms with Gasteiger partial charge in [-0.1, -0.05) is 0 Å². The molecular formula is C7H13F3N2O2S. The van der Waals surface area contributed by atoms with Gasteiger partial charge in [0.05, 0.1) is 0 Å². The molecule has 0 rings (SSSR count). The Morgan fingerprint density at radius 3 is 1.87 bits per heavy atom. The number of amides is 1. The van der Waals surface area contributed by atoms with Crippen molar-refractivity contribution in [1.82, 2.24) is 4.72 Å². The second-order valence-electron chi connectivity index (χ2n) is 3.93. The summed E-state index contributed by atoms with van der Waals surface area (Å²) in [5.41, 5.74) is -6.14. The Morgan fingerprint density at radius 1 is 1.27 bits per heavy atom. The second kappa shape index (κ2) is 4.09. The van der Waals surface area contributed by atoms with Gasteiger partial charge in [0.2, 0.25) is 9.92 Å². The maximum absolute atomic E-state index is 12.4. The molecule has 0 aliphatic carbocycles. The lowest BCUT2D eigenvalue weighted by Gasteiger charge is -2.24. The van der Waals surface area contributed by atoms with E-state index in [9.17, 15) is 22.2 Å². The highest BCUT2D eigenvalue weighted by Gasteiger charge is 2.45. The number of alkyl halides is 3. The van der Waals surface area contributed by atoms with Crippen LogP contribution in [0.3, 0.4) is 0 Å². The summed E-state index contributed by atoms with van der Waals surface area (Å²) in [7, 11) is -4.74. The molecule has 0 bridgehead atoms. The molecule has 4 nitrogen and oxygen atoms in total. The first-order valence-electron chi connectivity index (χ1n) is 4.00. The average Bonchev–Trinajstić information content (AvgIpc) is 1.75. The first-order chi connectivity index (χ1) is 6.37. The van der Waals surface area contributed by atoms with Crippen LogP contribution in [0.2, 0.25) is 0 Å². The molecule has 0 aliphatic heterocycles. The fourth-order valence-corrected chi connectivity index (χ4v) is 2.19. The molecule has 90 valence electrons. The Balaban J connectivity index is 5.46. The Hall–Kier alpha value is -0.630. The van der Waals surface area contributed by atoms with E-state index in [1.165, 1.54) is 20.8 Å². The first kappa shape index (κ1) is 14.4. The Labute approximate surface area is 86.6 Å². The van der Waals surface area contributed by atoms with Crippen molar-refractivity contribution >= 4 is 15.8 Å². The zero-order chi connectivity index (χ0) is 12.5. The molecule has 0 aromatic heterocycles. The molecule has 1 N–H and O–H groups in total. The summed E-state index contributed by atoms with van der Waals surface area (Å²) in [6.07, 6.45) is 0. The van der Waals surface area contributed by atoms with Gasteiger partial charge in [-0.15, -0.1) is 4.36 Å². The molecule has 0 saturated heterocycles. The van der Waals surface area contributed by atoms with Crippen LogP contribution in [0.5, 0.6) is 0 Å². The normalized spacial score (nSPS) is 17.0. The minimum absolute atomic E-state index is 0.815. The zero-order valence-electron chi connectivity index (χ0n) is 8.81. The summed E-state index contributed by atoms with van der Waals surface area (Å²) in [6.45, 7) is 5.01. The first-order valence-corrected chi connectivity index (χ1v) is 5.52. The maximum Gasteiger partial charge on any atom is 0.493 e. The van der Waals surface area contributed by atoms with E-state index in [1.54, 1.807) is 0 Å². The molecule has 1 amide bonds. The van der Waals surface area contributed by atoms with E-state index in [1.807, 2.05) is 4.72 Å². The molecule has 15 heavy (non-hydrogen) atoms. The van der Waals surface area contributed by atoms with Crippen molar-refractivity contribution in [1.29, 1.82) is 0 Å². The molecular weight excluding hydrogens is 233 g/mol. The number of nitrogens with one attached hydrogen (secondary N) is 1.